The van der Waals surface area contributed by atoms with Gasteiger partial charge in [-0.25, -0.2) is 0 Å². The van der Waals surface area contributed by atoms with Crippen molar-refractivity contribution in [2.75, 3.05) is 6.54 Å². The molecule has 1 atom stereocenters. The molecule has 0 aliphatic rings. The van der Waals surface area contributed by atoms with E-state index in [1.807, 2.05) is 0 Å². The summed E-state index contributed by atoms with van der Waals surface area (Å²) in [7, 11) is 0. The maximum Gasteiger partial charge on any atom is 0.0305 e. The summed E-state index contributed by atoms with van der Waals surface area (Å²) >= 11 is 1.78. The number of nitrogens with two attached hydrogens (primary N) is 1. The van der Waals surface area contributed by atoms with Crippen LogP contribution in [-0.4, -0.2) is 12.1 Å². The van der Waals surface area contributed by atoms with Gasteiger partial charge in [-0.1, -0.05) is 19.9 Å². The van der Waals surface area contributed by atoms with Gasteiger partial charge in [0.2, 0.25) is 0 Å². The molecular weight excluding hydrogens is 192 g/mol. The zero-order valence-electron chi connectivity index (χ0n) is 9.21. The van der Waals surface area contributed by atoms with Crippen LogP contribution in [0.2, 0.25) is 0 Å². The summed E-state index contributed by atoms with van der Waals surface area (Å²) in [6, 6.07) is 4.23. The first-order chi connectivity index (χ1) is 6.58. The highest BCUT2D eigenvalue weighted by Gasteiger charge is 2.25. The number of thiophene rings is 1. The van der Waals surface area contributed by atoms with Crippen LogP contribution >= 0.6 is 11.3 Å². The van der Waals surface area contributed by atoms with E-state index in [0.29, 0.717) is 12.5 Å². The molecule has 3 N–H and O–H groups in total. The molecule has 0 aliphatic heterocycles. The maximum atomic E-state index is 5.79. The summed E-state index contributed by atoms with van der Waals surface area (Å²) in [5.74, 6) is 0.549. The van der Waals surface area contributed by atoms with Gasteiger partial charge in [0.05, 0.1) is 0 Å². The van der Waals surface area contributed by atoms with Crippen molar-refractivity contribution < 1.29 is 0 Å². The van der Waals surface area contributed by atoms with Crippen LogP contribution in [0.4, 0.5) is 0 Å². The Morgan fingerprint density at radius 1 is 1.57 bits per heavy atom. The fourth-order valence-electron chi connectivity index (χ4n) is 1.21. The van der Waals surface area contributed by atoms with Crippen molar-refractivity contribution in [1.82, 2.24) is 5.32 Å². The fraction of sp³-hybridized carbons (Fsp3) is 0.636. The molecule has 14 heavy (non-hydrogen) atoms. The number of hydrogen-bond donors (Lipinski definition) is 2. The lowest BCUT2D eigenvalue weighted by Gasteiger charge is -2.33. The quantitative estimate of drug-likeness (QED) is 0.785. The van der Waals surface area contributed by atoms with Crippen molar-refractivity contribution >= 4 is 11.3 Å². The Hall–Kier alpha value is -0.380. The van der Waals surface area contributed by atoms with Crippen molar-refractivity contribution in [2.24, 2.45) is 11.7 Å². The highest BCUT2D eigenvalue weighted by molar-refractivity contribution is 7.09. The van der Waals surface area contributed by atoms with Crippen LogP contribution in [0.1, 0.15) is 25.6 Å². The van der Waals surface area contributed by atoms with E-state index in [2.05, 4.69) is 43.6 Å². The van der Waals surface area contributed by atoms with Crippen LogP contribution < -0.4 is 11.1 Å². The first-order valence-corrected chi connectivity index (χ1v) is 5.94. The Morgan fingerprint density at radius 2 is 2.29 bits per heavy atom. The van der Waals surface area contributed by atoms with Crippen molar-refractivity contribution in [3.05, 3.63) is 22.4 Å². The summed E-state index contributed by atoms with van der Waals surface area (Å²) in [5.41, 5.74) is 5.83. The summed E-state index contributed by atoms with van der Waals surface area (Å²) in [6.07, 6.45) is 0. The van der Waals surface area contributed by atoms with Crippen LogP contribution in [0.3, 0.4) is 0 Å². The summed E-state index contributed by atoms with van der Waals surface area (Å²) in [4.78, 5) is 1.37. The molecule has 0 saturated heterocycles. The largest absolute Gasteiger partial charge is 0.329 e. The Morgan fingerprint density at radius 3 is 2.71 bits per heavy atom. The maximum absolute atomic E-state index is 5.79. The molecule has 1 aromatic rings. The highest BCUT2D eigenvalue weighted by atomic mass is 32.1. The first kappa shape index (κ1) is 11.7. The average molecular weight is 212 g/mol. The standard InChI is InChI=1S/C11H20N2S/c1-9(2)11(3,8-12)13-7-10-5-4-6-14-10/h4-6,9,13H,7-8,12H2,1-3H3. The van der Waals surface area contributed by atoms with Crippen molar-refractivity contribution in [1.29, 1.82) is 0 Å². The van der Waals surface area contributed by atoms with E-state index in [9.17, 15) is 0 Å². The van der Waals surface area contributed by atoms with Gasteiger partial charge in [-0.2, -0.15) is 0 Å². The van der Waals surface area contributed by atoms with E-state index in [0.717, 1.165) is 6.54 Å². The molecule has 1 rings (SSSR count). The lowest BCUT2D eigenvalue weighted by atomic mass is 9.88. The molecule has 1 aromatic heterocycles. The zero-order chi connectivity index (χ0) is 10.6. The lowest BCUT2D eigenvalue weighted by molar-refractivity contribution is 0.268. The molecule has 1 heterocycles. The monoisotopic (exact) mass is 212 g/mol. The average Bonchev–Trinajstić information content (AvgIpc) is 2.66. The SMILES string of the molecule is CC(C)C(C)(CN)NCc1cccs1. The van der Waals surface area contributed by atoms with E-state index < -0.39 is 0 Å². The Kier molecular flexibility index (Phi) is 4.11. The van der Waals surface area contributed by atoms with Gasteiger partial charge in [-0.05, 0) is 24.3 Å². The number of hydrogen-bond acceptors (Lipinski definition) is 3. The van der Waals surface area contributed by atoms with E-state index in [-0.39, 0.29) is 5.54 Å². The summed E-state index contributed by atoms with van der Waals surface area (Å²) in [6.45, 7) is 8.19. The third-order valence-electron chi connectivity index (χ3n) is 2.94. The second-order valence-corrected chi connectivity index (χ2v) is 5.24. The van der Waals surface area contributed by atoms with Crippen LogP contribution in [0.25, 0.3) is 0 Å². The molecule has 0 radical (unpaired) electrons. The van der Waals surface area contributed by atoms with E-state index in [1.165, 1.54) is 4.88 Å². The smallest absolute Gasteiger partial charge is 0.0305 e. The van der Waals surface area contributed by atoms with Crippen molar-refractivity contribution in [3.63, 3.8) is 0 Å². The minimum atomic E-state index is 0.0456. The van der Waals surface area contributed by atoms with E-state index >= 15 is 0 Å². The first-order valence-electron chi connectivity index (χ1n) is 5.06. The molecule has 3 heteroatoms. The molecule has 0 aromatic carbocycles. The topological polar surface area (TPSA) is 38.0 Å². The molecule has 0 spiro atoms. The molecule has 0 saturated carbocycles. The second kappa shape index (κ2) is 4.91. The highest BCUT2D eigenvalue weighted by Crippen LogP contribution is 2.17. The van der Waals surface area contributed by atoms with Crippen LogP contribution in [0.5, 0.6) is 0 Å². The molecular formula is C11H20N2S. The zero-order valence-corrected chi connectivity index (χ0v) is 10.0. The predicted octanol–water partition coefficient (Wildman–Crippen LogP) is 2.21. The van der Waals surface area contributed by atoms with Gasteiger partial charge in [0.25, 0.3) is 0 Å². The van der Waals surface area contributed by atoms with Gasteiger partial charge < -0.3 is 11.1 Å². The minimum Gasteiger partial charge on any atom is -0.329 e. The predicted molar refractivity (Wildman–Crippen MR) is 63.5 cm³/mol. The van der Waals surface area contributed by atoms with Crippen LogP contribution in [-0.2, 0) is 6.54 Å². The Labute approximate surface area is 90.5 Å². The Balaban J connectivity index is 2.50. The molecule has 0 aliphatic carbocycles. The number of nitrogens with one attached hydrogen (secondary N) is 1. The van der Waals surface area contributed by atoms with Gasteiger partial charge in [0.1, 0.15) is 0 Å². The van der Waals surface area contributed by atoms with Crippen LogP contribution in [0.15, 0.2) is 17.5 Å². The third-order valence-corrected chi connectivity index (χ3v) is 3.82. The second-order valence-electron chi connectivity index (χ2n) is 4.21. The fourth-order valence-corrected chi connectivity index (χ4v) is 1.86. The van der Waals surface area contributed by atoms with Gasteiger partial charge >= 0.3 is 0 Å². The van der Waals surface area contributed by atoms with Crippen LogP contribution in [0, 0.1) is 5.92 Å². The van der Waals surface area contributed by atoms with Gasteiger partial charge in [0, 0.05) is 23.5 Å². The van der Waals surface area contributed by atoms with Crippen molar-refractivity contribution in [3.8, 4) is 0 Å². The number of rotatable bonds is 5. The molecule has 0 fully saturated rings. The molecule has 80 valence electrons. The van der Waals surface area contributed by atoms with Gasteiger partial charge in [-0.3, -0.25) is 0 Å². The van der Waals surface area contributed by atoms with E-state index in [1.54, 1.807) is 11.3 Å². The van der Waals surface area contributed by atoms with E-state index in [4.69, 9.17) is 5.73 Å². The molecule has 2 nitrogen and oxygen atoms in total. The summed E-state index contributed by atoms with van der Waals surface area (Å²) in [5, 5.41) is 5.64. The summed E-state index contributed by atoms with van der Waals surface area (Å²) < 4.78 is 0. The Bertz CT molecular complexity index is 256. The molecule has 1 unspecified atom stereocenters. The van der Waals surface area contributed by atoms with Gasteiger partial charge in [-0.15, -0.1) is 11.3 Å². The normalized spacial score (nSPS) is 15.8. The lowest BCUT2D eigenvalue weighted by Crippen LogP contribution is -2.52. The van der Waals surface area contributed by atoms with Gasteiger partial charge in [0.15, 0.2) is 0 Å². The third kappa shape index (κ3) is 2.80. The van der Waals surface area contributed by atoms with Crippen molar-refractivity contribution in [2.45, 2.75) is 32.9 Å². The molecule has 0 amide bonds. The minimum absolute atomic E-state index is 0.0456. The molecule has 0 bridgehead atoms.